The van der Waals surface area contributed by atoms with Crippen molar-refractivity contribution >= 4 is 0 Å². The molecule has 0 aliphatic carbocycles. The van der Waals surface area contributed by atoms with Crippen LogP contribution in [0.25, 0.3) is 21.3 Å². The van der Waals surface area contributed by atoms with Gasteiger partial charge in [-0.05, 0) is 0 Å². The molecule has 0 aromatic heterocycles. The molecule has 104 valence electrons. The molecule has 0 saturated heterocycles. The summed E-state index contributed by atoms with van der Waals surface area (Å²) < 4.78 is 0. The molecule has 4 nitrogen and oxygen atoms in total. The van der Waals surface area contributed by atoms with Crippen molar-refractivity contribution in [1.29, 1.82) is 0 Å². The minimum absolute atomic E-state index is 0. The average molecular weight is 280 g/mol. The largest absolute Gasteiger partial charge is 4.00 e. The molecule has 0 saturated carbocycles. The van der Waals surface area contributed by atoms with Crippen LogP contribution in [-0.2, 0) is 21.7 Å². The summed E-state index contributed by atoms with van der Waals surface area (Å²) in [5.41, 5.74) is 0. The molecule has 0 aromatic rings. The standard InChI is InChI=1S/C6H14N.3C2H6N.Ti/c1-3-5-7-6-4-2;3*1-3-2;/h3-6H2,1-2H3;3*1-2H3;/q4*-1;+4. The van der Waals surface area contributed by atoms with Crippen molar-refractivity contribution in [3.8, 4) is 0 Å². The second-order valence-electron chi connectivity index (χ2n) is 3.01. The zero-order valence-corrected chi connectivity index (χ0v) is 14.7. The Kier molecular flexibility index (Phi) is 98.3. The third kappa shape index (κ3) is 169. The van der Waals surface area contributed by atoms with E-state index in [2.05, 4.69) is 35.1 Å². The van der Waals surface area contributed by atoms with Crippen LogP contribution >= 0.6 is 0 Å². The maximum atomic E-state index is 4.21. The van der Waals surface area contributed by atoms with Crippen molar-refractivity contribution in [2.75, 3.05) is 55.4 Å². The van der Waals surface area contributed by atoms with Gasteiger partial charge in [0.05, 0.1) is 0 Å². The maximum Gasteiger partial charge on any atom is 4.00 e. The molecule has 17 heavy (non-hydrogen) atoms. The van der Waals surface area contributed by atoms with Gasteiger partial charge in [0.1, 0.15) is 0 Å². The molecule has 0 spiro atoms. The topological polar surface area (TPSA) is 56.4 Å². The Balaban J connectivity index is -0.0000000411. The van der Waals surface area contributed by atoms with E-state index >= 15 is 0 Å². The van der Waals surface area contributed by atoms with Crippen molar-refractivity contribution in [3.05, 3.63) is 21.3 Å². The van der Waals surface area contributed by atoms with Crippen molar-refractivity contribution in [2.24, 2.45) is 0 Å². The second kappa shape index (κ2) is 54.7. The average Bonchev–Trinajstić information content (AvgIpc) is 2.22. The van der Waals surface area contributed by atoms with Gasteiger partial charge in [0.15, 0.2) is 0 Å². The van der Waals surface area contributed by atoms with E-state index in [4.69, 9.17) is 0 Å². The molecule has 0 aliphatic rings. The van der Waals surface area contributed by atoms with Crippen LogP contribution in [0.1, 0.15) is 26.7 Å². The van der Waals surface area contributed by atoms with Crippen LogP contribution in [0.4, 0.5) is 0 Å². The van der Waals surface area contributed by atoms with Gasteiger partial charge in [-0.1, -0.05) is 26.7 Å². The molecule has 0 N–H and O–H groups in total. The Bertz CT molecular complexity index is 57.7. The molecule has 0 amide bonds. The third-order valence-electron chi connectivity index (χ3n) is 0.763. The molecular weight excluding hydrogens is 248 g/mol. The molecule has 0 radical (unpaired) electrons. The molecular formula is C12H32N4Ti. The molecule has 5 heteroatoms. The van der Waals surface area contributed by atoms with Gasteiger partial charge in [-0.2, -0.15) is 42.3 Å². The summed E-state index contributed by atoms with van der Waals surface area (Å²) in [6.45, 7) is 6.40. The fourth-order valence-electron chi connectivity index (χ4n) is 0.428. The van der Waals surface area contributed by atoms with Crippen LogP contribution in [-0.4, -0.2) is 55.4 Å². The molecule has 0 bridgehead atoms. The van der Waals surface area contributed by atoms with Gasteiger partial charge >= 0.3 is 21.7 Å². The summed E-state index contributed by atoms with van der Waals surface area (Å²) >= 11 is 0. The van der Waals surface area contributed by atoms with E-state index in [0.29, 0.717) is 0 Å². The number of rotatable bonds is 4. The van der Waals surface area contributed by atoms with E-state index in [-0.39, 0.29) is 21.7 Å². The van der Waals surface area contributed by atoms with Gasteiger partial charge in [0.2, 0.25) is 0 Å². The minimum Gasteiger partial charge on any atom is -0.668 e. The van der Waals surface area contributed by atoms with Crippen molar-refractivity contribution < 1.29 is 21.7 Å². The minimum atomic E-state index is 0. The van der Waals surface area contributed by atoms with Crippen LogP contribution in [0.3, 0.4) is 0 Å². The van der Waals surface area contributed by atoms with Gasteiger partial charge in [0.25, 0.3) is 0 Å². The Morgan fingerprint density at radius 1 is 0.588 bits per heavy atom. The van der Waals surface area contributed by atoms with E-state index in [1.807, 2.05) is 0 Å². The first-order valence-corrected chi connectivity index (χ1v) is 5.73. The van der Waals surface area contributed by atoms with E-state index < -0.39 is 0 Å². The van der Waals surface area contributed by atoms with Crippen LogP contribution in [0.2, 0.25) is 0 Å². The van der Waals surface area contributed by atoms with Crippen LogP contribution in [0.5, 0.6) is 0 Å². The summed E-state index contributed by atoms with van der Waals surface area (Å²) in [4.78, 5) is 0. The number of hydrogen-bond donors (Lipinski definition) is 0. The van der Waals surface area contributed by atoms with Crippen molar-refractivity contribution in [3.63, 3.8) is 0 Å². The van der Waals surface area contributed by atoms with Crippen molar-refractivity contribution in [2.45, 2.75) is 26.7 Å². The summed E-state index contributed by atoms with van der Waals surface area (Å²) in [6.07, 6.45) is 2.39. The summed E-state index contributed by atoms with van der Waals surface area (Å²) in [5.74, 6) is 0. The zero-order chi connectivity index (χ0) is 13.7. The fourth-order valence-corrected chi connectivity index (χ4v) is 0.428. The molecule has 0 atom stereocenters. The molecule has 0 aromatic carbocycles. The Morgan fingerprint density at radius 3 is 0.882 bits per heavy atom. The van der Waals surface area contributed by atoms with E-state index in [1.54, 1.807) is 42.3 Å². The van der Waals surface area contributed by atoms with Crippen molar-refractivity contribution in [1.82, 2.24) is 0 Å². The maximum absolute atomic E-state index is 4.21. The Labute approximate surface area is 125 Å². The molecule has 0 rings (SSSR count). The first-order chi connectivity index (χ1) is 7.66. The van der Waals surface area contributed by atoms with E-state index in [1.165, 1.54) is 12.8 Å². The quantitative estimate of drug-likeness (QED) is 0.551. The van der Waals surface area contributed by atoms with Gasteiger partial charge in [-0.3, -0.25) is 0 Å². The monoisotopic (exact) mass is 280 g/mol. The first kappa shape index (κ1) is 30.5. The Hall–Kier alpha value is 0.554. The predicted octanol–water partition coefficient (Wildman–Crippen LogP) is 4.04. The molecule has 0 fully saturated rings. The third-order valence-corrected chi connectivity index (χ3v) is 0.763. The van der Waals surface area contributed by atoms with Crippen LogP contribution in [0, 0.1) is 0 Å². The summed E-state index contributed by atoms with van der Waals surface area (Å²) in [7, 11) is 10.5. The second-order valence-corrected chi connectivity index (χ2v) is 3.01. The Morgan fingerprint density at radius 2 is 0.765 bits per heavy atom. The van der Waals surface area contributed by atoms with E-state index in [9.17, 15) is 0 Å². The first-order valence-electron chi connectivity index (χ1n) is 5.73. The zero-order valence-electron chi connectivity index (χ0n) is 13.1. The summed E-state index contributed by atoms with van der Waals surface area (Å²) in [5, 5.41) is 14.7. The number of nitrogens with zero attached hydrogens (tertiary/aromatic N) is 4. The fraction of sp³-hybridized carbons (Fsp3) is 1.00. The van der Waals surface area contributed by atoms with E-state index in [0.717, 1.165) is 13.1 Å². The van der Waals surface area contributed by atoms with Crippen LogP contribution in [0.15, 0.2) is 0 Å². The smallest absolute Gasteiger partial charge is 0.668 e. The SMILES string of the molecule is CCC[N-]CCC.C[N-]C.C[N-]C.C[N-]C.[Ti+4]. The predicted molar refractivity (Wildman–Crippen MR) is 79.3 cm³/mol. The normalized spacial score (nSPS) is 7.06. The molecule has 0 heterocycles. The van der Waals surface area contributed by atoms with Crippen LogP contribution < -0.4 is 0 Å². The van der Waals surface area contributed by atoms with Gasteiger partial charge in [0, 0.05) is 0 Å². The number of hydrogen-bond acceptors (Lipinski definition) is 0. The van der Waals surface area contributed by atoms with Gasteiger partial charge < -0.3 is 21.3 Å². The molecule has 0 unspecified atom stereocenters. The molecule has 0 aliphatic heterocycles. The van der Waals surface area contributed by atoms with Gasteiger partial charge in [-0.25, -0.2) is 0 Å². The summed E-state index contributed by atoms with van der Waals surface area (Å²) in [6, 6.07) is 0. The van der Waals surface area contributed by atoms with Gasteiger partial charge in [-0.15, -0.1) is 13.1 Å².